The average molecular weight is 532 g/mol. The van der Waals surface area contributed by atoms with Gasteiger partial charge in [-0.05, 0) is 19.8 Å². The molecule has 2 heterocycles. The molecule has 1 saturated heterocycles. The Labute approximate surface area is 195 Å². The molecule has 1 aliphatic carbocycles. The smallest absolute Gasteiger partial charge is 0.396 e. The fourth-order valence-electron chi connectivity index (χ4n) is 4.81. The molecule has 1 aromatic carbocycles. The Balaban J connectivity index is 1.84. The normalized spacial score (nSPS) is 22.5. The molecule has 0 radical (unpaired) electrons. The molecule has 0 amide bonds. The molecule has 0 spiro atoms. The van der Waals surface area contributed by atoms with Crippen molar-refractivity contribution in [2.45, 2.75) is 56.0 Å². The predicted octanol–water partition coefficient (Wildman–Crippen LogP) is 2.05. The topological polar surface area (TPSA) is 125 Å². The maximum absolute atomic E-state index is 15.3. The Morgan fingerprint density at radius 3 is 2.14 bits per heavy atom. The molecule has 8 nitrogen and oxygen atoms in total. The molecule has 16 heteroatoms. The summed E-state index contributed by atoms with van der Waals surface area (Å²) >= 11 is 0. The molecular formula is C20H20F8N4O4. The zero-order valence-corrected chi connectivity index (χ0v) is 18.3. The summed E-state index contributed by atoms with van der Waals surface area (Å²) in [6, 6.07) is -0.371. The third-order valence-corrected chi connectivity index (χ3v) is 6.78. The molecule has 3 atom stereocenters. The molecule has 2 aromatic rings. The van der Waals surface area contributed by atoms with Gasteiger partial charge in [0, 0.05) is 30.6 Å². The first-order chi connectivity index (χ1) is 16.4. The first kappa shape index (κ1) is 26.2. The van der Waals surface area contributed by atoms with Gasteiger partial charge in [-0.2, -0.15) is 26.3 Å². The highest BCUT2D eigenvalue weighted by Gasteiger charge is 2.75. The quantitative estimate of drug-likeness (QED) is 0.353. The van der Waals surface area contributed by atoms with Crippen molar-refractivity contribution < 1.29 is 45.3 Å². The molecule has 1 saturated carbocycles. The second-order valence-electron chi connectivity index (χ2n) is 9.08. The van der Waals surface area contributed by atoms with E-state index in [4.69, 9.17) is 5.73 Å². The highest BCUT2D eigenvalue weighted by Crippen LogP contribution is 2.49. The number of aromatic amines is 1. The van der Waals surface area contributed by atoms with Gasteiger partial charge in [0.25, 0.3) is 11.2 Å². The first-order valence-corrected chi connectivity index (χ1v) is 10.6. The standard InChI is InChI=1S/C20H20F8N4O4/c1-6-13-10(16(34)30-17(35)32(13)7-2-3-7)12(29)11(22)14(6)31-4-8(9(21)5-31)15(33)18(36,19(23,24)25)20(26,27)28/h7-9,15,33,36H,2-5,29H2,1H3,(H,30,34,35). The Hall–Kier alpha value is -2.88. The molecule has 2 fully saturated rings. The zero-order valence-electron chi connectivity index (χ0n) is 18.3. The number of nitrogens with zero attached hydrogens (tertiary/aromatic N) is 2. The lowest BCUT2D eigenvalue weighted by molar-refractivity contribution is -0.396. The number of aryl methyl sites for hydroxylation is 1. The lowest BCUT2D eigenvalue weighted by Crippen LogP contribution is -2.66. The van der Waals surface area contributed by atoms with E-state index in [1.54, 1.807) is 0 Å². The van der Waals surface area contributed by atoms with Gasteiger partial charge in [-0.25, -0.2) is 13.6 Å². The second kappa shape index (κ2) is 8.06. The lowest BCUT2D eigenvalue weighted by atomic mass is 9.84. The van der Waals surface area contributed by atoms with Crippen molar-refractivity contribution in [3.63, 3.8) is 0 Å². The van der Waals surface area contributed by atoms with Crippen molar-refractivity contribution in [3.8, 4) is 0 Å². The minimum atomic E-state index is -6.41. The molecule has 4 rings (SSSR count). The SMILES string of the molecule is Cc1c(N2CC(F)C(C(O)C(O)(C(F)(F)F)C(F)(F)F)C2)c(F)c(N)c2c(=O)[nH]c(=O)n(C3CC3)c12. The number of hydrogen-bond donors (Lipinski definition) is 4. The number of fused-ring (bicyclic) bond motifs is 1. The highest BCUT2D eigenvalue weighted by molar-refractivity contribution is 5.97. The van der Waals surface area contributed by atoms with Crippen molar-refractivity contribution in [2.75, 3.05) is 23.7 Å². The zero-order chi connectivity index (χ0) is 27.1. The van der Waals surface area contributed by atoms with E-state index in [0.717, 1.165) is 9.47 Å². The summed E-state index contributed by atoms with van der Waals surface area (Å²) in [6.07, 6.45) is -18.0. The number of H-pyrrole nitrogens is 1. The third kappa shape index (κ3) is 3.64. The van der Waals surface area contributed by atoms with E-state index >= 15 is 4.39 Å². The largest absolute Gasteiger partial charge is 0.428 e. The fraction of sp³-hybridized carbons (Fsp3) is 0.600. The predicted molar refractivity (Wildman–Crippen MR) is 110 cm³/mol. The minimum absolute atomic E-state index is 0.110. The summed E-state index contributed by atoms with van der Waals surface area (Å²) in [6.45, 7) is -0.805. The van der Waals surface area contributed by atoms with Crippen LogP contribution in [0.25, 0.3) is 10.9 Å². The number of halogens is 8. The van der Waals surface area contributed by atoms with Gasteiger partial charge in [0.2, 0.25) is 0 Å². The van der Waals surface area contributed by atoms with Crippen LogP contribution in [0.1, 0.15) is 24.4 Å². The number of benzene rings is 1. The molecule has 1 aromatic heterocycles. The second-order valence-corrected chi connectivity index (χ2v) is 9.08. The third-order valence-electron chi connectivity index (χ3n) is 6.78. The van der Waals surface area contributed by atoms with Crippen molar-refractivity contribution in [1.29, 1.82) is 0 Å². The van der Waals surface area contributed by atoms with E-state index in [9.17, 15) is 50.5 Å². The molecular weight excluding hydrogens is 512 g/mol. The van der Waals surface area contributed by atoms with Gasteiger partial charge in [0.05, 0.1) is 22.3 Å². The number of aromatic nitrogens is 2. The summed E-state index contributed by atoms with van der Waals surface area (Å²) in [4.78, 5) is 27.6. The lowest BCUT2D eigenvalue weighted by Gasteiger charge is -2.38. The van der Waals surface area contributed by atoms with Gasteiger partial charge >= 0.3 is 18.0 Å². The summed E-state index contributed by atoms with van der Waals surface area (Å²) in [5.74, 6) is -3.76. The van der Waals surface area contributed by atoms with Crippen LogP contribution in [0.15, 0.2) is 9.59 Å². The van der Waals surface area contributed by atoms with Crippen LogP contribution < -0.4 is 21.9 Å². The maximum Gasteiger partial charge on any atom is 0.428 e. The number of anilines is 2. The Kier molecular flexibility index (Phi) is 5.86. The van der Waals surface area contributed by atoms with Gasteiger partial charge in [-0.1, -0.05) is 0 Å². The average Bonchev–Trinajstić information content (AvgIpc) is 3.50. The molecule has 200 valence electrons. The monoisotopic (exact) mass is 532 g/mol. The van der Waals surface area contributed by atoms with Crippen molar-refractivity contribution in [1.82, 2.24) is 9.55 Å². The number of nitrogen functional groups attached to an aromatic ring is 1. The van der Waals surface area contributed by atoms with E-state index in [-0.39, 0.29) is 17.1 Å². The molecule has 0 bridgehead atoms. The van der Waals surface area contributed by atoms with E-state index in [1.165, 1.54) is 6.92 Å². The van der Waals surface area contributed by atoms with Crippen molar-refractivity contribution in [2.24, 2.45) is 5.92 Å². The summed E-state index contributed by atoms with van der Waals surface area (Å²) in [5, 5.41) is 19.1. The van der Waals surface area contributed by atoms with Crippen LogP contribution in [0, 0.1) is 18.7 Å². The van der Waals surface area contributed by atoms with Crippen LogP contribution in [-0.2, 0) is 0 Å². The molecule has 1 aliphatic heterocycles. The van der Waals surface area contributed by atoms with E-state index < -0.39 is 83.1 Å². The number of nitrogens with two attached hydrogens (primary N) is 1. The van der Waals surface area contributed by atoms with Gasteiger partial charge in [-0.3, -0.25) is 14.3 Å². The fourth-order valence-corrected chi connectivity index (χ4v) is 4.81. The number of aliphatic hydroxyl groups excluding tert-OH is 1. The van der Waals surface area contributed by atoms with Crippen LogP contribution in [0.4, 0.5) is 46.5 Å². The van der Waals surface area contributed by atoms with Gasteiger partial charge < -0.3 is 20.8 Å². The van der Waals surface area contributed by atoms with Gasteiger partial charge in [-0.15, -0.1) is 0 Å². The van der Waals surface area contributed by atoms with Crippen LogP contribution in [0.3, 0.4) is 0 Å². The number of hydrogen-bond acceptors (Lipinski definition) is 6. The molecule has 2 aliphatic rings. The highest BCUT2D eigenvalue weighted by atomic mass is 19.4. The Morgan fingerprint density at radius 2 is 1.64 bits per heavy atom. The van der Waals surface area contributed by atoms with E-state index in [2.05, 4.69) is 0 Å². The van der Waals surface area contributed by atoms with Crippen LogP contribution in [-0.4, -0.2) is 63.1 Å². The summed E-state index contributed by atoms with van der Waals surface area (Å²) < 4.78 is 110. The van der Waals surface area contributed by atoms with Crippen LogP contribution in [0.2, 0.25) is 0 Å². The molecule has 5 N–H and O–H groups in total. The Morgan fingerprint density at radius 1 is 1.08 bits per heavy atom. The van der Waals surface area contributed by atoms with E-state index in [1.807, 2.05) is 4.98 Å². The first-order valence-electron chi connectivity index (χ1n) is 10.6. The van der Waals surface area contributed by atoms with Crippen molar-refractivity contribution in [3.05, 3.63) is 32.2 Å². The van der Waals surface area contributed by atoms with Gasteiger partial charge in [0.15, 0.2) is 5.82 Å². The molecule has 36 heavy (non-hydrogen) atoms. The summed E-state index contributed by atoms with van der Waals surface area (Å²) in [5.41, 5.74) is -3.27. The number of aliphatic hydroxyl groups is 2. The number of alkyl halides is 7. The van der Waals surface area contributed by atoms with E-state index in [0.29, 0.717) is 12.8 Å². The van der Waals surface area contributed by atoms with Crippen molar-refractivity contribution >= 4 is 22.3 Å². The maximum atomic E-state index is 15.3. The van der Waals surface area contributed by atoms with Crippen LogP contribution in [0.5, 0.6) is 0 Å². The Bertz CT molecular complexity index is 1320. The number of rotatable bonds is 4. The minimum Gasteiger partial charge on any atom is -0.396 e. The van der Waals surface area contributed by atoms with Gasteiger partial charge in [0.1, 0.15) is 12.3 Å². The van der Waals surface area contributed by atoms with Crippen LogP contribution >= 0.6 is 0 Å². The molecule has 3 unspecified atom stereocenters. The number of nitrogens with one attached hydrogen (secondary N) is 1. The summed E-state index contributed by atoms with van der Waals surface area (Å²) in [7, 11) is 0.